The molecule has 122 valence electrons. The number of piperazine rings is 1. The van der Waals surface area contributed by atoms with E-state index in [9.17, 15) is 4.79 Å². The van der Waals surface area contributed by atoms with Gasteiger partial charge in [0.25, 0.3) is 0 Å². The van der Waals surface area contributed by atoms with Crippen LogP contribution in [0.2, 0.25) is 0 Å². The molecule has 0 aromatic rings. The van der Waals surface area contributed by atoms with Crippen LogP contribution in [-0.4, -0.2) is 77.7 Å². The molecule has 2 rings (SSSR count). The molecule has 2 aliphatic heterocycles. The highest BCUT2D eigenvalue weighted by molar-refractivity contribution is 5.68. The van der Waals surface area contributed by atoms with Gasteiger partial charge in [-0.1, -0.05) is 0 Å². The predicted octanol–water partition coefficient (Wildman–Crippen LogP) is 2.02. The molecule has 5 heteroatoms. The van der Waals surface area contributed by atoms with Gasteiger partial charge in [0.1, 0.15) is 5.60 Å². The van der Waals surface area contributed by atoms with E-state index in [1.54, 1.807) is 0 Å². The van der Waals surface area contributed by atoms with E-state index < -0.39 is 5.60 Å². The van der Waals surface area contributed by atoms with Crippen molar-refractivity contribution in [1.82, 2.24) is 14.7 Å². The molecular formula is C16H31N3O2. The number of nitrogens with zero attached hydrogens (tertiary/aromatic N) is 3. The zero-order valence-electron chi connectivity index (χ0n) is 14.4. The SMILES string of the molecule is C[C@@H]1CN([C@@H]2CCN(C(=O)OC(C)(C)C)C2)C[C@@H](C)N1C. The van der Waals surface area contributed by atoms with Crippen LogP contribution in [0.15, 0.2) is 0 Å². The monoisotopic (exact) mass is 297 g/mol. The van der Waals surface area contributed by atoms with Crippen molar-refractivity contribution in [2.45, 2.75) is 64.8 Å². The Balaban J connectivity index is 1.89. The van der Waals surface area contributed by atoms with Gasteiger partial charge >= 0.3 is 6.09 Å². The van der Waals surface area contributed by atoms with Crippen molar-refractivity contribution in [2.75, 3.05) is 33.2 Å². The summed E-state index contributed by atoms with van der Waals surface area (Å²) in [6, 6.07) is 1.63. The molecule has 0 saturated carbocycles. The summed E-state index contributed by atoms with van der Waals surface area (Å²) in [5.74, 6) is 0. The fraction of sp³-hybridized carbons (Fsp3) is 0.938. The van der Waals surface area contributed by atoms with Gasteiger partial charge in [-0.3, -0.25) is 9.80 Å². The number of carbonyl (C=O) groups excluding carboxylic acids is 1. The Morgan fingerprint density at radius 3 is 2.19 bits per heavy atom. The van der Waals surface area contributed by atoms with E-state index >= 15 is 0 Å². The van der Waals surface area contributed by atoms with Crippen molar-refractivity contribution in [2.24, 2.45) is 0 Å². The zero-order chi connectivity index (χ0) is 15.8. The Morgan fingerprint density at radius 2 is 1.67 bits per heavy atom. The Bertz CT molecular complexity index is 368. The molecule has 2 heterocycles. The van der Waals surface area contributed by atoms with E-state index in [0.717, 1.165) is 32.6 Å². The molecule has 0 bridgehead atoms. The van der Waals surface area contributed by atoms with Gasteiger partial charge < -0.3 is 9.64 Å². The third kappa shape index (κ3) is 4.10. The molecule has 2 fully saturated rings. The average Bonchev–Trinajstić information content (AvgIpc) is 2.82. The van der Waals surface area contributed by atoms with Crippen LogP contribution >= 0.6 is 0 Å². The number of hydrogen-bond acceptors (Lipinski definition) is 4. The Labute approximate surface area is 129 Å². The highest BCUT2D eigenvalue weighted by Crippen LogP contribution is 2.23. The molecule has 21 heavy (non-hydrogen) atoms. The molecule has 1 amide bonds. The number of carbonyl (C=O) groups is 1. The molecule has 0 N–H and O–H groups in total. The fourth-order valence-electron chi connectivity index (χ4n) is 3.28. The van der Waals surface area contributed by atoms with Gasteiger partial charge in [-0.15, -0.1) is 0 Å². The summed E-state index contributed by atoms with van der Waals surface area (Å²) in [4.78, 5) is 19.0. The van der Waals surface area contributed by atoms with E-state index in [2.05, 4.69) is 30.7 Å². The molecule has 2 aliphatic rings. The van der Waals surface area contributed by atoms with E-state index in [-0.39, 0.29) is 6.09 Å². The van der Waals surface area contributed by atoms with Gasteiger partial charge in [-0.25, -0.2) is 4.79 Å². The molecule has 0 unspecified atom stereocenters. The molecule has 2 saturated heterocycles. The lowest BCUT2D eigenvalue weighted by molar-refractivity contribution is 0.0210. The summed E-state index contributed by atoms with van der Waals surface area (Å²) >= 11 is 0. The van der Waals surface area contributed by atoms with Gasteiger partial charge in [0.15, 0.2) is 0 Å². The number of likely N-dealkylation sites (tertiary alicyclic amines) is 1. The lowest BCUT2D eigenvalue weighted by atomic mass is 10.1. The van der Waals surface area contributed by atoms with Crippen LogP contribution in [0.3, 0.4) is 0 Å². The minimum absolute atomic E-state index is 0.166. The topological polar surface area (TPSA) is 36.0 Å². The first-order chi connectivity index (χ1) is 9.67. The second-order valence-corrected chi connectivity index (χ2v) is 7.69. The molecule has 0 aromatic carbocycles. The average molecular weight is 297 g/mol. The lowest BCUT2D eigenvalue weighted by Crippen LogP contribution is -2.58. The number of ether oxygens (including phenoxy) is 1. The van der Waals surface area contributed by atoms with Crippen molar-refractivity contribution in [3.05, 3.63) is 0 Å². The smallest absolute Gasteiger partial charge is 0.410 e. The van der Waals surface area contributed by atoms with Crippen LogP contribution in [0.5, 0.6) is 0 Å². The summed E-state index contributed by atoms with van der Waals surface area (Å²) in [6.07, 6.45) is 0.891. The largest absolute Gasteiger partial charge is 0.444 e. The number of rotatable bonds is 1. The summed E-state index contributed by atoms with van der Waals surface area (Å²) in [6.45, 7) is 14.1. The molecule has 0 aliphatic carbocycles. The molecular weight excluding hydrogens is 266 g/mol. The van der Waals surface area contributed by atoms with Gasteiger partial charge in [-0.05, 0) is 48.1 Å². The Morgan fingerprint density at radius 1 is 1.10 bits per heavy atom. The molecule has 0 radical (unpaired) electrons. The van der Waals surface area contributed by atoms with Gasteiger partial charge in [-0.2, -0.15) is 0 Å². The first kappa shape index (κ1) is 16.6. The van der Waals surface area contributed by atoms with Crippen LogP contribution in [0.25, 0.3) is 0 Å². The molecule has 5 nitrogen and oxygen atoms in total. The first-order valence-electron chi connectivity index (χ1n) is 8.11. The second-order valence-electron chi connectivity index (χ2n) is 7.69. The highest BCUT2D eigenvalue weighted by Gasteiger charge is 2.36. The van der Waals surface area contributed by atoms with Crippen molar-refractivity contribution in [3.63, 3.8) is 0 Å². The quantitative estimate of drug-likeness (QED) is 0.742. The predicted molar refractivity (Wildman–Crippen MR) is 84.5 cm³/mol. The van der Waals surface area contributed by atoms with Crippen molar-refractivity contribution in [3.8, 4) is 0 Å². The van der Waals surface area contributed by atoms with Crippen LogP contribution in [0.1, 0.15) is 41.0 Å². The van der Waals surface area contributed by atoms with Gasteiger partial charge in [0, 0.05) is 44.3 Å². The van der Waals surface area contributed by atoms with Crippen molar-refractivity contribution < 1.29 is 9.53 Å². The van der Waals surface area contributed by atoms with Crippen molar-refractivity contribution >= 4 is 6.09 Å². The second kappa shape index (κ2) is 6.13. The van der Waals surface area contributed by atoms with Crippen LogP contribution in [0.4, 0.5) is 4.79 Å². The summed E-state index contributed by atoms with van der Waals surface area (Å²) in [5, 5.41) is 0. The van der Waals surface area contributed by atoms with Crippen LogP contribution in [-0.2, 0) is 4.74 Å². The van der Waals surface area contributed by atoms with E-state index in [1.807, 2.05) is 25.7 Å². The highest BCUT2D eigenvalue weighted by atomic mass is 16.6. The molecule has 0 spiro atoms. The van der Waals surface area contributed by atoms with Crippen LogP contribution in [0, 0.1) is 0 Å². The fourth-order valence-corrected chi connectivity index (χ4v) is 3.28. The van der Waals surface area contributed by atoms with Crippen molar-refractivity contribution in [1.29, 1.82) is 0 Å². The summed E-state index contributed by atoms with van der Waals surface area (Å²) in [7, 11) is 2.20. The normalized spacial score (nSPS) is 32.5. The maximum Gasteiger partial charge on any atom is 0.410 e. The number of hydrogen-bond donors (Lipinski definition) is 0. The third-order valence-electron chi connectivity index (χ3n) is 4.72. The Hall–Kier alpha value is -0.810. The van der Waals surface area contributed by atoms with Gasteiger partial charge in [0.2, 0.25) is 0 Å². The number of amides is 1. The van der Waals surface area contributed by atoms with E-state index in [0.29, 0.717) is 18.1 Å². The molecule has 3 atom stereocenters. The minimum atomic E-state index is -0.411. The standard InChI is InChI=1S/C16H31N3O2/c1-12-9-19(10-13(2)17(12)6)14-7-8-18(11-14)15(20)21-16(3,4)5/h12-14H,7-11H2,1-6H3/t12-,13-,14-/m1/s1. The zero-order valence-corrected chi connectivity index (χ0v) is 14.4. The first-order valence-corrected chi connectivity index (χ1v) is 8.11. The van der Waals surface area contributed by atoms with E-state index in [4.69, 9.17) is 4.74 Å². The minimum Gasteiger partial charge on any atom is -0.444 e. The molecule has 0 aromatic heterocycles. The summed E-state index contributed by atoms with van der Waals surface area (Å²) in [5.41, 5.74) is -0.411. The maximum atomic E-state index is 12.1. The number of likely N-dealkylation sites (N-methyl/N-ethyl adjacent to an activating group) is 1. The van der Waals surface area contributed by atoms with Crippen LogP contribution < -0.4 is 0 Å². The van der Waals surface area contributed by atoms with E-state index in [1.165, 1.54) is 0 Å². The van der Waals surface area contributed by atoms with Gasteiger partial charge in [0.05, 0.1) is 0 Å². The maximum absolute atomic E-state index is 12.1. The third-order valence-corrected chi connectivity index (χ3v) is 4.72. The Kier molecular flexibility index (Phi) is 4.83. The lowest BCUT2D eigenvalue weighted by Gasteiger charge is -2.44. The summed E-state index contributed by atoms with van der Waals surface area (Å²) < 4.78 is 5.48.